The van der Waals surface area contributed by atoms with E-state index in [1.165, 1.54) is 6.42 Å². The Morgan fingerprint density at radius 1 is 1.16 bits per heavy atom. The Bertz CT molecular complexity index is 346. The summed E-state index contributed by atoms with van der Waals surface area (Å²) in [6.45, 7) is 0.478. The number of piperidine rings is 1. The molecule has 5 nitrogen and oxygen atoms in total. The quantitative estimate of drug-likeness (QED) is 0.806. The molecule has 3 N–H and O–H groups in total. The molecule has 0 aromatic carbocycles. The average Bonchev–Trinajstić information content (AvgIpc) is 2.43. The molecular weight excluding hydrogens is 244 g/mol. The maximum Gasteiger partial charge on any atom is 0.326 e. The van der Waals surface area contributed by atoms with Crippen LogP contribution in [0.2, 0.25) is 0 Å². The van der Waals surface area contributed by atoms with Crippen molar-refractivity contribution >= 4 is 11.9 Å². The third kappa shape index (κ3) is 3.08. The fourth-order valence-corrected chi connectivity index (χ4v) is 3.62. The number of rotatable bonds is 4. The van der Waals surface area contributed by atoms with E-state index in [0.29, 0.717) is 31.7 Å². The van der Waals surface area contributed by atoms with E-state index in [4.69, 9.17) is 5.73 Å². The number of nitrogens with two attached hydrogens (primary N) is 1. The van der Waals surface area contributed by atoms with Gasteiger partial charge in [-0.2, -0.15) is 0 Å². The highest BCUT2D eigenvalue weighted by Crippen LogP contribution is 2.38. The van der Waals surface area contributed by atoms with Gasteiger partial charge in [-0.25, -0.2) is 4.79 Å². The van der Waals surface area contributed by atoms with Crippen LogP contribution in [0.15, 0.2) is 0 Å². The zero-order valence-corrected chi connectivity index (χ0v) is 11.4. The molecule has 2 aliphatic rings. The van der Waals surface area contributed by atoms with Crippen molar-refractivity contribution in [1.29, 1.82) is 0 Å². The summed E-state index contributed by atoms with van der Waals surface area (Å²) in [5.41, 5.74) is 5.45. The highest BCUT2D eigenvalue weighted by atomic mass is 16.4. The summed E-state index contributed by atoms with van der Waals surface area (Å²) in [7, 11) is 0. The van der Waals surface area contributed by atoms with Crippen LogP contribution >= 0.6 is 0 Å². The number of carbonyl (C=O) groups is 2. The lowest BCUT2D eigenvalue weighted by molar-refractivity contribution is -0.158. The van der Waals surface area contributed by atoms with E-state index in [1.54, 1.807) is 4.90 Å². The number of nitrogens with zero attached hydrogens (tertiary/aromatic N) is 1. The van der Waals surface area contributed by atoms with Gasteiger partial charge in [0.2, 0.25) is 5.91 Å². The van der Waals surface area contributed by atoms with Crippen LogP contribution in [-0.4, -0.2) is 40.5 Å². The van der Waals surface area contributed by atoms with Gasteiger partial charge in [0, 0.05) is 12.5 Å². The molecule has 1 saturated carbocycles. The zero-order valence-electron chi connectivity index (χ0n) is 11.4. The molecule has 0 bridgehead atoms. The fraction of sp³-hybridized carbons (Fsp3) is 0.857. The van der Waals surface area contributed by atoms with Gasteiger partial charge in [-0.15, -0.1) is 0 Å². The Balaban J connectivity index is 2.14. The Morgan fingerprint density at radius 2 is 1.89 bits per heavy atom. The van der Waals surface area contributed by atoms with Crippen molar-refractivity contribution in [3.63, 3.8) is 0 Å². The third-order valence-corrected chi connectivity index (χ3v) is 4.54. The molecule has 1 aliphatic heterocycles. The van der Waals surface area contributed by atoms with E-state index in [1.807, 2.05) is 0 Å². The largest absolute Gasteiger partial charge is 0.480 e. The number of carboxylic acid groups (broad SMARTS) is 1. The van der Waals surface area contributed by atoms with E-state index in [9.17, 15) is 14.7 Å². The van der Waals surface area contributed by atoms with Crippen LogP contribution in [0.4, 0.5) is 0 Å². The van der Waals surface area contributed by atoms with Gasteiger partial charge in [0.1, 0.15) is 6.04 Å². The molecular formula is C14H24N2O3. The van der Waals surface area contributed by atoms with Crippen LogP contribution in [0.3, 0.4) is 0 Å². The molecule has 0 spiro atoms. The topological polar surface area (TPSA) is 83.6 Å². The molecule has 1 aliphatic carbocycles. The Kier molecular flexibility index (Phi) is 4.80. The van der Waals surface area contributed by atoms with E-state index < -0.39 is 12.0 Å². The van der Waals surface area contributed by atoms with Crippen molar-refractivity contribution in [2.75, 3.05) is 6.54 Å². The van der Waals surface area contributed by atoms with Crippen LogP contribution in [0.1, 0.15) is 51.4 Å². The number of hydrogen-bond acceptors (Lipinski definition) is 3. The average molecular weight is 268 g/mol. The van der Waals surface area contributed by atoms with Crippen molar-refractivity contribution in [2.24, 2.45) is 11.7 Å². The van der Waals surface area contributed by atoms with Crippen molar-refractivity contribution in [1.82, 2.24) is 4.90 Å². The van der Waals surface area contributed by atoms with Gasteiger partial charge in [-0.05, 0) is 44.6 Å². The van der Waals surface area contributed by atoms with Crippen molar-refractivity contribution < 1.29 is 14.7 Å². The number of carboxylic acids is 1. The van der Waals surface area contributed by atoms with E-state index in [2.05, 4.69) is 0 Å². The first kappa shape index (κ1) is 14.3. The molecule has 5 heteroatoms. The summed E-state index contributed by atoms with van der Waals surface area (Å²) < 4.78 is 0. The molecule has 2 fully saturated rings. The Labute approximate surface area is 114 Å². The van der Waals surface area contributed by atoms with E-state index in [-0.39, 0.29) is 11.9 Å². The molecule has 0 radical (unpaired) electrons. The van der Waals surface area contributed by atoms with Gasteiger partial charge in [-0.3, -0.25) is 4.79 Å². The molecule has 0 aromatic rings. The lowest BCUT2D eigenvalue weighted by Crippen LogP contribution is -2.57. The molecule has 3 atom stereocenters. The molecule has 19 heavy (non-hydrogen) atoms. The van der Waals surface area contributed by atoms with E-state index in [0.717, 1.165) is 25.7 Å². The van der Waals surface area contributed by atoms with Gasteiger partial charge in [0.25, 0.3) is 0 Å². The predicted octanol–water partition coefficient (Wildman–Crippen LogP) is 1.36. The lowest BCUT2D eigenvalue weighted by Gasteiger charge is -2.47. The van der Waals surface area contributed by atoms with Crippen molar-refractivity contribution in [3.05, 3.63) is 0 Å². The van der Waals surface area contributed by atoms with Gasteiger partial charge in [0.05, 0.1) is 0 Å². The third-order valence-electron chi connectivity index (χ3n) is 4.54. The standard InChI is InChI=1S/C14H24N2O3/c15-9-3-6-13(17)16-11-5-2-1-4-10(11)7-8-12(16)14(18)19/h10-12H,1-9,15H2,(H,18,19). The lowest BCUT2D eigenvalue weighted by atomic mass is 9.76. The summed E-state index contributed by atoms with van der Waals surface area (Å²) in [5, 5.41) is 9.35. The first-order chi connectivity index (χ1) is 9.15. The maximum atomic E-state index is 12.3. The molecule has 1 saturated heterocycles. The zero-order chi connectivity index (χ0) is 13.8. The number of likely N-dealkylation sites (tertiary alicyclic amines) is 1. The second kappa shape index (κ2) is 6.37. The Hall–Kier alpha value is -1.10. The highest BCUT2D eigenvalue weighted by Gasteiger charge is 2.43. The van der Waals surface area contributed by atoms with Gasteiger partial charge < -0.3 is 15.7 Å². The minimum Gasteiger partial charge on any atom is -0.480 e. The summed E-state index contributed by atoms with van der Waals surface area (Å²) in [4.78, 5) is 25.4. The summed E-state index contributed by atoms with van der Waals surface area (Å²) >= 11 is 0. The summed E-state index contributed by atoms with van der Waals surface area (Å²) in [5.74, 6) is -0.370. The van der Waals surface area contributed by atoms with Crippen LogP contribution in [0.5, 0.6) is 0 Å². The number of aliphatic carboxylic acids is 1. The Morgan fingerprint density at radius 3 is 2.58 bits per heavy atom. The normalized spacial score (nSPS) is 30.8. The van der Waals surface area contributed by atoms with E-state index >= 15 is 0 Å². The van der Waals surface area contributed by atoms with Gasteiger partial charge in [0.15, 0.2) is 0 Å². The highest BCUT2D eigenvalue weighted by molar-refractivity contribution is 5.84. The number of carbonyl (C=O) groups excluding carboxylic acids is 1. The summed E-state index contributed by atoms with van der Waals surface area (Å²) in [6.07, 6.45) is 6.98. The SMILES string of the molecule is NCCCC(=O)N1C(C(=O)O)CCC2CCCCC21. The minimum absolute atomic E-state index is 0.0190. The van der Waals surface area contributed by atoms with Crippen LogP contribution in [0, 0.1) is 5.92 Å². The smallest absolute Gasteiger partial charge is 0.326 e. The molecule has 2 rings (SSSR count). The number of amides is 1. The van der Waals surface area contributed by atoms with Crippen molar-refractivity contribution in [3.8, 4) is 0 Å². The fourth-order valence-electron chi connectivity index (χ4n) is 3.62. The van der Waals surface area contributed by atoms with Crippen LogP contribution in [0.25, 0.3) is 0 Å². The van der Waals surface area contributed by atoms with Crippen LogP contribution in [-0.2, 0) is 9.59 Å². The molecule has 1 heterocycles. The first-order valence-electron chi connectivity index (χ1n) is 7.39. The second-order valence-electron chi connectivity index (χ2n) is 5.74. The van der Waals surface area contributed by atoms with Crippen LogP contribution < -0.4 is 5.73 Å². The number of hydrogen-bond donors (Lipinski definition) is 2. The monoisotopic (exact) mass is 268 g/mol. The predicted molar refractivity (Wildman–Crippen MR) is 71.5 cm³/mol. The molecule has 108 valence electrons. The summed E-state index contributed by atoms with van der Waals surface area (Å²) in [6, 6.07) is -0.474. The first-order valence-corrected chi connectivity index (χ1v) is 7.39. The number of fused-ring (bicyclic) bond motifs is 1. The molecule has 0 aromatic heterocycles. The molecule has 1 amide bonds. The maximum absolute atomic E-state index is 12.3. The molecule has 3 unspecified atom stereocenters. The minimum atomic E-state index is -0.856. The van der Waals surface area contributed by atoms with Gasteiger partial charge >= 0.3 is 5.97 Å². The second-order valence-corrected chi connectivity index (χ2v) is 5.74. The van der Waals surface area contributed by atoms with Crippen molar-refractivity contribution in [2.45, 2.75) is 63.5 Å². The van der Waals surface area contributed by atoms with Gasteiger partial charge in [-0.1, -0.05) is 12.8 Å².